The van der Waals surface area contributed by atoms with Crippen LogP contribution in [0.4, 0.5) is 5.69 Å². The molecule has 0 spiro atoms. The normalized spacial score (nSPS) is 11.4. The Morgan fingerprint density at radius 2 is 1.78 bits per heavy atom. The van der Waals surface area contributed by atoms with E-state index < -0.39 is 0 Å². The fourth-order valence-electron chi connectivity index (χ4n) is 1.86. The molecular formula is C15H24N2O. The summed E-state index contributed by atoms with van der Waals surface area (Å²) in [5.41, 5.74) is 7.62. The molecule has 0 saturated heterocycles. The number of nitrogens with zero attached hydrogens (tertiary/aromatic N) is 1. The van der Waals surface area contributed by atoms with E-state index in [4.69, 9.17) is 5.73 Å². The standard InChI is InChI=1S/C15H24N2O/c1-5-17(14(18)10-15(2,3)4)13-8-6-12(11-16)7-9-13/h6-9H,5,10-11,16H2,1-4H3. The molecule has 0 aliphatic rings. The van der Waals surface area contributed by atoms with Gasteiger partial charge in [0.1, 0.15) is 0 Å². The highest BCUT2D eigenvalue weighted by Gasteiger charge is 2.21. The lowest BCUT2D eigenvalue weighted by Gasteiger charge is -2.25. The van der Waals surface area contributed by atoms with Gasteiger partial charge in [0.25, 0.3) is 0 Å². The first-order valence-corrected chi connectivity index (χ1v) is 6.46. The summed E-state index contributed by atoms with van der Waals surface area (Å²) in [7, 11) is 0. The zero-order valence-electron chi connectivity index (χ0n) is 11.9. The van der Waals surface area contributed by atoms with Crippen molar-refractivity contribution in [3.05, 3.63) is 29.8 Å². The number of benzene rings is 1. The minimum absolute atomic E-state index is 0.0156. The van der Waals surface area contributed by atoms with Gasteiger partial charge in [-0.15, -0.1) is 0 Å². The van der Waals surface area contributed by atoms with E-state index in [1.165, 1.54) is 0 Å². The van der Waals surface area contributed by atoms with E-state index in [0.717, 1.165) is 11.3 Å². The van der Waals surface area contributed by atoms with Crippen molar-refractivity contribution in [1.29, 1.82) is 0 Å². The van der Waals surface area contributed by atoms with Crippen molar-refractivity contribution < 1.29 is 4.79 Å². The lowest BCUT2D eigenvalue weighted by Crippen LogP contribution is -2.33. The Bertz CT molecular complexity index is 390. The van der Waals surface area contributed by atoms with Gasteiger partial charge in [0, 0.05) is 25.2 Å². The molecule has 0 atom stereocenters. The van der Waals surface area contributed by atoms with Crippen LogP contribution in [0, 0.1) is 5.41 Å². The van der Waals surface area contributed by atoms with Crippen LogP contribution in [0.3, 0.4) is 0 Å². The van der Waals surface area contributed by atoms with Gasteiger partial charge in [-0.2, -0.15) is 0 Å². The quantitative estimate of drug-likeness (QED) is 0.890. The average molecular weight is 248 g/mol. The minimum Gasteiger partial charge on any atom is -0.326 e. The fraction of sp³-hybridized carbons (Fsp3) is 0.533. The fourth-order valence-corrected chi connectivity index (χ4v) is 1.86. The van der Waals surface area contributed by atoms with Crippen LogP contribution in [0.2, 0.25) is 0 Å². The van der Waals surface area contributed by atoms with Gasteiger partial charge in [0.15, 0.2) is 0 Å². The van der Waals surface area contributed by atoms with Crippen LogP contribution in [0.25, 0.3) is 0 Å². The molecule has 0 heterocycles. The Morgan fingerprint density at radius 1 is 1.22 bits per heavy atom. The summed E-state index contributed by atoms with van der Waals surface area (Å²) >= 11 is 0. The molecule has 0 bridgehead atoms. The highest BCUT2D eigenvalue weighted by Crippen LogP contribution is 2.23. The van der Waals surface area contributed by atoms with Crippen LogP contribution in [0.1, 0.15) is 39.7 Å². The maximum Gasteiger partial charge on any atom is 0.227 e. The summed E-state index contributed by atoms with van der Waals surface area (Å²) in [6.45, 7) is 9.46. The highest BCUT2D eigenvalue weighted by molar-refractivity contribution is 5.93. The van der Waals surface area contributed by atoms with Gasteiger partial charge in [-0.05, 0) is 30.0 Å². The molecular weight excluding hydrogens is 224 g/mol. The lowest BCUT2D eigenvalue weighted by molar-refractivity contribution is -0.120. The van der Waals surface area contributed by atoms with Gasteiger partial charge >= 0.3 is 0 Å². The summed E-state index contributed by atoms with van der Waals surface area (Å²) in [5, 5.41) is 0. The van der Waals surface area contributed by atoms with Crippen molar-refractivity contribution in [3.63, 3.8) is 0 Å². The van der Waals surface area contributed by atoms with Crippen molar-refractivity contribution in [2.45, 2.75) is 40.7 Å². The molecule has 18 heavy (non-hydrogen) atoms. The molecule has 2 N–H and O–H groups in total. The molecule has 3 nitrogen and oxygen atoms in total. The SMILES string of the molecule is CCN(C(=O)CC(C)(C)C)c1ccc(CN)cc1. The number of carbonyl (C=O) groups excluding carboxylic acids is 1. The van der Waals surface area contributed by atoms with E-state index in [1.54, 1.807) is 0 Å². The third kappa shape index (κ3) is 4.15. The smallest absolute Gasteiger partial charge is 0.227 e. The average Bonchev–Trinajstić information content (AvgIpc) is 2.28. The maximum absolute atomic E-state index is 12.2. The second-order valence-corrected chi connectivity index (χ2v) is 5.75. The largest absolute Gasteiger partial charge is 0.326 e. The number of hydrogen-bond acceptors (Lipinski definition) is 2. The first kappa shape index (κ1) is 14.7. The first-order chi connectivity index (χ1) is 8.37. The predicted octanol–water partition coefficient (Wildman–Crippen LogP) is 2.93. The van der Waals surface area contributed by atoms with Crippen molar-refractivity contribution in [2.24, 2.45) is 11.1 Å². The Morgan fingerprint density at radius 3 is 2.17 bits per heavy atom. The molecule has 1 aromatic rings. The van der Waals surface area contributed by atoms with Crippen molar-refractivity contribution in [2.75, 3.05) is 11.4 Å². The summed E-state index contributed by atoms with van der Waals surface area (Å²) in [6.07, 6.45) is 0.555. The summed E-state index contributed by atoms with van der Waals surface area (Å²) in [5.74, 6) is 0.172. The monoisotopic (exact) mass is 248 g/mol. The highest BCUT2D eigenvalue weighted by atomic mass is 16.2. The van der Waals surface area contributed by atoms with Crippen molar-refractivity contribution >= 4 is 11.6 Å². The van der Waals surface area contributed by atoms with Crippen molar-refractivity contribution in [1.82, 2.24) is 0 Å². The van der Waals surface area contributed by atoms with Crippen molar-refractivity contribution in [3.8, 4) is 0 Å². The van der Waals surface area contributed by atoms with Gasteiger partial charge in [-0.1, -0.05) is 32.9 Å². The molecule has 0 radical (unpaired) electrons. The van der Waals surface area contributed by atoms with Crippen LogP contribution in [-0.4, -0.2) is 12.5 Å². The van der Waals surface area contributed by atoms with E-state index in [-0.39, 0.29) is 11.3 Å². The Balaban J connectivity index is 2.85. The number of amides is 1. The van der Waals surface area contributed by atoms with E-state index in [0.29, 0.717) is 19.5 Å². The Kier molecular flexibility index (Phi) is 4.91. The van der Waals surface area contributed by atoms with Gasteiger partial charge < -0.3 is 10.6 Å². The number of anilines is 1. The third-order valence-electron chi connectivity index (χ3n) is 2.78. The second kappa shape index (κ2) is 6.01. The number of carbonyl (C=O) groups is 1. The zero-order valence-corrected chi connectivity index (χ0v) is 11.9. The molecule has 1 amide bonds. The molecule has 0 aliphatic heterocycles. The second-order valence-electron chi connectivity index (χ2n) is 5.75. The predicted molar refractivity (Wildman–Crippen MR) is 76.4 cm³/mol. The molecule has 0 aliphatic carbocycles. The molecule has 0 unspecified atom stereocenters. The molecule has 1 rings (SSSR count). The molecule has 0 aromatic heterocycles. The van der Waals surface area contributed by atoms with Crippen LogP contribution < -0.4 is 10.6 Å². The van der Waals surface area contributed by atoms with Crippen LogP contribution in [0.5, 0.6) is 0 Å². The number of rotatable bonds is 4. The lowest BCUT2D eigenvalue weighted by atomic mass is 9.91. The van der Waals surface area contributed by atoms with Crippen LogP contribution >= 0.6 is 0 Å². The number of nitrogens with two attached hydrogens (primary N) is 1. The van der Waals surface area contributed by atoms with Gasteiger partial charge in [0.2, 0.25) is 5.91 Å². The van der Waals surface area contributed by atoms with E-state index in [2.05, 4.69) is 20.8 Å². The van der Waals surface area contributed by atoms with Gasteiger partial charge in [-0.25, -0.2) is 0 Å². The summed E-state index contributed by atoms with van der Waals surface area (Å²) < 4.78 is 0. The van der Waals surface area contributed by atoms with Crippen LogP contribution in [-0.2, 0) is 11.3 Å². The van der Waals surface area contributed by atoms with Gasteiger partial charge in [0.05, 0.1) is 0 Å². The topological polar surface area (TPSA) is 46.3 Å². The Hall–Kier alpha value is -1.35. The third-order valence-corrected chi connectivity index (χ3v) is 2.78. The zero-order chi connectivity index (χ0) is 13.8. The number of hydrogen-bond donors (Lipinski definition) is 1. The first-order valence-electron chi connectivity index (χ1n) is 6.46. The summed E-state index contributed by atoms with van der Waals surface area (Å²) in [6, 6.07) is 7.88. The maximum atomic E-state index is 12.2. The molecule has 100 valence electrons. The molecule has 1 aromatic carbocycles. The molecule has 0 fully saturated rings. The molecule has 0 saturated carbocycles. The van der Waals surface area contributed by atoms with Gasteiger partial charge in [-0.3, -0.25) is 4.79 Å². The minimum atomic E-state index is 0.0156. The summed E-state index contributed by atoms with van der Waals surface area (Å²) in [4.78, 5) is 14.1. The van der Waals surface area contributed by atoms with E-state index in [1.807, 2.05) is 36.1 Å². The Labute approximate surface area is 110 Å². The van der Waals surface area contributed by atoms with E-state index >= 15 is 0 Å². The molecule has 3 heteroatoms. The van der Waals surface area contributed by atoms with E-state index in [9.17, 15) is 4.79 Å². The van der Waals surface area contributed by atoms with Crippen LogP contribution in [0.15, 0.2) is 24.3 Å².